The Bertz CT molecular complexity index is 350. The molecule has 0 saturated carbocycles. The first-order valence-electron chi connectivity index (χ1n) is 7.42. The topological polar surface area (TPSA) is 74.6 Å². The molecule has 124 valence electrons. The van der Waals surface area contributed by atoms with Crippen molar-refractivity contribution in [2.45, 2.75) is 75.7 Å². The predicted octanol–water partition coefficient (Wildman–Crippen LogP) is 3.90. The minimum Gasteiger partial charge on any atom is -0.480 e. The van der Waals surface area contributed by atoms with Gasteiger partial charge in [0.25, 0.3) is 0 Å². The summed E-state index contributed by atoms with van der Waals surface area (Å²) in [4.78, 5) is 23.6. The van der Waals surface area contributed by atoms with Gasteiger partial charge < -0.3 is 10.2 Å². The molecule has 0 saturated heterocycles. The van der Waals surface area contributed by atoms with Gasteiger partial charge in [-0.25, -0.2) is 0 Å². The molecule has 6 heteroatoms. The van der Waals surface area contributed by atoms with E-state index in [9.17, 15) is 19.8 Å². The number of carboxylic acids is 2. The van der Waals surface area contributed by atoms with Crippen LogP contribution >= 0.6 is 25.3 Å². The van der Waals surface area contributed by atoms with E-state index in [0.717, 1.165) is 12.8 Å². The Morgan fingerprint density at radius 2 is 1.14 bits per heavy atom. The summed E-state index contributed by atoms with van der Waals surface area (Å²) in [5.41, 5.74) is -1.12. The highest BCUT2D eigenvalue weighted by atomic mass is 32.1. The van der Waals surface area contributed by atoms with E-state index in [4.69, 9.17) is 0 Å². The molecule has 2 atom stereocenters. The molecule has 0 aromatic carbocycles. The van der Waals surface area contributed by atoms with E-state index in [1.807, 2.05) is 13.8 Å². The minimum atomic E-state index is -1.43. The quantitative estimate of drug-likeness (QED) is 0.457. The number of aliphatic carboxylic acids is 2. The number of carboxylic acid groups (broad SMARTS) is 2. The van der Waals surface area contributed by atoms with Gasteiger partial charge in [-0.1, -0.05) is 53.4 Å². The molecular weight excluding hydrogens is 308 g/mol. The second-order valence-electron chi connectivity index (χ2n) is 6.16. The summed E-state index contributed by atoms with van der Waals surface area (Å²) >= 11 is 8.85. The molecule has 0 amide bonds. The lowest BCUT2D eigenvalue weighted by Gasteiger charge is -2.49. The first-order chi connectivity index (χ1) is 9.51. The molecule has 21 heavy (non-hydrogen) atoms. The van der Waals surface area contributed by atoms with Gasteiger partial charge in [-0.2, -0.15) is 25.3 Å². The summed E-state index contributed by atoms with van der Waals surface area (Å²) in [5.74, 6) is -2.17. The molecule has 0 aliphatic rings. The van der Waals surface area contributed by atoms with Crippen molar-refractivity contribution in [3.8, 4) is 0 Å². The fourth-order valence-electron chi connectivity index (χ4n) is 2.58. The maximum absolute atomic E-state index is 11.8. The number of thiol groups is 2. The van der Waals surface area contributed by atoms with Crippen LogP contribution in [0.2, 0.25) is 0 Å². The zero-order valence-corrected chi connectivity index (χ0v) is 15.1. The van der Waals surface area contributed by atoms with Crippen LogP contribution in [0.3, 0.4) is 0 Å². The van der Waals surface area contributed by atoms with Crippen molar-refractivity contribution in [2.24, 2.45) is 5.41 Å². The Kier molecular flexibility index (Phi) is 7.63. The smallest absolute Gasteiger partial charge is 0.320 e. The molecule has 0 bridgehead atoms. The van der Waals surface area contributed by atoms with Crippen LogP contribution in [0.15, 0.2) is 0 Å². The standard InChI is InChI=1S/C15H28O4S2/c1-5-7-9-14(20,11(16)17)13(3,4)15(21,12(18)19)10-8-6-2/h20-21H,5-10H2,1-4H3,(H,16,17)(H,18,19). The normalized spacial score (nSPS) is 17.8. The molecule has 0 aliphatic carbocycles. The highest BCUT2D eigenvalue weighted by Gasteiger charge is 2.61. The van der Waals surface area contributed by atoms with E-state index >= 15 is 0 Å². The van der Waals surface area contributed by atoms with Crippen LogP contribution in [-0.4, -0.2) is 31.6 Å². The lowest BCUT2D eigenvalue weighted by Crippen LogP contribution is -2.60. The fourth-order valence-corrected chi connectivity index (χ4v) is 3.37. The summed E-state index contributed by atoms with van der Waals surface area (Å²) in [6, 6.07) is 0. The van der Waals surface area contributed by atoms with Crippen LogP contribution in [0.25, 0.3) is 0 Å². The van der Waals surface area contributed by atoms with Crippen molar-refractivity contribution < 1.29 is 19.8 Å². The Balaban J connectivity index is 5.80. The van der Waals surface area contributed by atoms with Gasteiger partial charge in [-0.3, -0.25) is 9.59 Å². The summed E-state index contributed by atoms with van der Waals surface area (Å²) in [6.45, 7) is 7.23. The molecule has 4 nitrogen and oxygen atoms in total. The van der Waals surface area contributed by atoms with Crippen LogP contribution in [0.1, 0.15) is 66.2 Å². The molecule has 0 heterocycles. The Labute approximate surface area is 138 Å². The SMILES string of the molecule is CCCCC(S)(C(=O)O)C(C)(C)C(S)(CCCC)C(=O)O. The molecule has 0 aliphatic heterocycles. The average Bonchev–Trinajstić information content (AvgIpc) is 2.40. The zero-order chi connectivity index (χ0) is 16.9. The largest absolute Gasteiger partial charge is 0.480 e. The molecule has 0 aromatic heterocycles. The van der Waals surface area contributed by atoms with Gasteiger partial charge in [0.1, 0.15) is 9.49 Å². The van der Waals surface area contributed by atoms with Crippen LogP contribution in [-0.2, 0) is 9.59 Å². The van der Waals surface area contributed by atoms with Gasteiger partial charge in [-0.15, -0.1) is 0 Å². The molecule has 0 rings (SSSR count). The first kappa shape index (κ1) is 20.6. The van der Waals surface area contributed by atoms with E-state index < -0.39 is 26.8 Å². The van der Waals surface area contributed by atoms with Gasteiger partial charge in [0.05, 0.1) is 0 Å². The van der Waals surface area contributed by atoms with Gasteiger partial charge in [-0.05, 0) is 12.8 Å². The van der Waals surface area contributed by atoms with Crippen molar-refractivity contribution in [3.05, 3.63) is 0 Å². The highest BCUT2D eigenvalue weighted by molar-refractivity contribution is 7.84. The minimum absolute atomic E-state index is 0.316. The van der Waals surface area contributed by atoms with Crippen LogP contribution in [0.5, 0.6) is 0 Å². The summed E-state index contributed by atoms with van der Waals surface area (Å²) in [6.07, 6.45) is 3.64. The number of unbranched alkanes of at least 4 members (excludes halogenated alkanes) is 2. The van der Waals surface area contributed by atoms with Crippen molar-refractivity contribution in [3.63, 3.8) is 0 Å². The Morgan fingerprint density at radius 1 is 0.857 bits per heavy atom. The number of hydrogen-bond acceptors (Lipinski definition) is 4. The maximum atomic E-state index is 11.8. The zero-order valence-electron chi connectivity index (χ0n) is 13.3. The third-order valence-corrected chi connectivity index (χ3v) is 6.51. The van der Waals surface area contributed by atoms with Gasteiger partial charge in [0, 0.05) is 5.41 Å². The molecule has 2 N–H and O–H groups in total. The van der Waals surface area contributed by atoms with Crippen LogP contribution in [0.4, 0.5) is 0 Å². The molecule has 0 aromatic rings. The second-order valence-corrected chi connectivity index (χ2v) is 7.69. The molecule has 2 unspecified atom stereocenters. The van der Waals surface area contributed by atoms with E-state index in [-0.39, 0.29) is 0 Å². The van der Waals surface area contributed by atoms with E-state index in [1.165, 1.54) is 0 Å². The van der Waals surface area contributed by atoms with E-state index in [1.54, 1.807) is 13.8 Å². The Hall–Kier alpha value is -0.360. The molecule has 0 radical (unpaired) electrons. The Morgan fingerprint density at radius 3 is 1.33 bits per heavy atom. The summed E-state index contributed by atoms with van der Waals surface area (Å²) in [7, 11) is 0. The second kappa shape index (κ2) is 7.77. The lowest BCUT2D eigenvalue weighted by atomic mass is 9.64. The predicted molar refractivity (Wildman–Crippen MR) is 91.5 cm³/mol. The van der Waals surface area contributed by atoms with Crippen LogP contribution in [0, 0.1) is 5.41 Å². The van der Waals surface area contributed by atoms with E-state index in [2.05, 4.69) is 25.3 Å². The van der Waals surface area contributed by atoms with Gasteiger partial charge in [0.15, 0.2) is 0 Å². The summed E-state index contributed by atoms with van der Waals surface area (Å²) in [5, 5.41) is 19.3. The first-order valence-corrected chi connectivity index (χ1v) is 8.32. The highest BCUT2D eigenvalue weighted by Crippen LogP contribution is 2.53. The maximum Gasteiger partial charge on any atom is 0.320 e. The monoisotopic (exact) mass is 336 g/mol. The number of hydrogen-bond donors (Lipinski definition) is 4. The average molecular weight is 337 g/mol. The molecule has 0 spiro atoms. The summed E-state index contributed by atoms with van der Waals surface area (Å²) < 4.78 is -2.87. The van der Waals surface area contributed by atoms with E-state index in [0.29, 0.717) is 25.7 Å². The number of carbonyl (C=O) groups is 2. The van der Waals surface area contributed by atoms with Crippen molar-refractivity contribution >= 4 is 37.2 Å². The van der Waals surface area contributed by atoms with Crippen molar-refractivity contribution in [1.82, 2.24) is 0 Å². The molecule has 0 fully saturated rings. The van der Waals surface area contributed by atoms with Crippen molar-refractivity contribution in [2.75, 3.05) is 0 Å². The van der Waals surface area contributed by atoms with Gasteiger partial charge >= 0.3 is 11.9 Å². The van der Waals surface area contributed by atoms with Crippen molar-refractivity contribution in [1.29, 1.82) is 0 Å². The molecular formula is C15H28O4S2. The third kappa shape index (κ3) is 3.89. The fraction of sp³-hybridized carbons (Fsp3) is 0.867. The van der Waals surface area contributed by atoms with Crippen LogP contribution < -0.4 is 0 Å². The van der Waals surface area contributed by atoms with Gasteiger partial charge in [0.2, 0.25) is 0 Å². The lowest BCUT2D eigenvalue weighted by molar-refractivity contribution is -0.150. The number of rotatable bonds is 10. The third-order valence-electron chi connectivity index (χ3n) is 4.56.